The van der Waals surface area contributed by atoms with E-state index in [0.717, 1.165) is 18.0 Å². The van der Waals surface area contributed by atoms with E-state index in [1.807, 2.05) is 7.05 Å². The van der Waals surface area contributed by atoms with Crippen LogP contribution in [-0.2, 0) is 13.5 Å². The molecule has 0 saturated heterocycles. The number of nitrogens with one attached hydrogen (secondary N) is 1. The first kappa shape index (κ1) is 12.3. The Morgan fingerprint density at radius 3 is 2.83 bits per heavy atom. The molecule has 0 radical (unpaired) electrons. The second kappa shape index (κ2) is 4.99. The van der Waals surface area contributed by atoms with Crippen molar-refractivity contribution in [3.05, 3.63) is 35.9 Å². The predicted octanol–water partition coefficient (Wildman–Crippen LogP) is 1.33. The highest BCUT2D eigenvalue weighted by Gasteiger charge is 2.08. The van der Waals surface area contributed by atoms with Crippen LogP contribution in [0, 0.1) is 11.6 Å². The van der Waals surface area contributed by atoms with Gasteiger partial charge in [-0.05, 0) is 6.07 Å². The molecule has 7 heteroatoms. The topological polar surface area (TPSA) is 68.8 Å². The fraction of sp³-hybridized carbons (Fsp3) is 0.273. The largest absolute Gasteiger partial charge is 0.395 e. The number of rotatable bonds is 4. The number of hydrogen-bond acceptors (Lipinski definition) is 4. The smallest absolute Gasteiger partial charge is 0.151 e. The van der Waals surface area contributed by atoms with Gasteiger partial charge >= 0.3 is 0 Å². The Morgan fingerprint density at radius 1 is 1.39 bits per heavy atom. The summed E-state index contributed by atoms with van der Waals surface area (Å²) in [6, 6.07) is 1.91. The van der Waals surface area contributed by atoms with E-state index in [0.29, 0.717) is 13.0 Å². The third-order valence-corrected chi connectivity index (χ3v) is 2.56. The summed E-state index contributed by atoms with van der Waals surface area (Å²) in [4.78, 5) is 0. The third kappa shape index (κ3) is 2.55. The molecule has 0 unspecified atom stereocenters. The Bertz CT molecular complexity index is 552. The van der Waals surface area contributed by atoms with Gasteiger partial charge in [-0.25, -0.2) is 8.78 Å². The highest BCUT2D eigenvalue weighted by molar-refractivity contribution is 5.66. The van der Waals surface area contributed by atoms with Crippen molar-refractivity contribution < 1.29 is 8.78 Å². The Kier molecular flexibility index (Phi) is 3.40. The number of hydrogen-bond donors (Lipinski definition) is 2. The number of benzene rings is 1. The predicted molar refractivity (Wildman–Crippen MR) is 64.0 cm³/mol. The average molecular weight is 253 g/mol. The van der Waals surface area contributed by atoms with E-state index >= 15 is 0 Å². The van der Waals surface area contributed by atoms with Gasteiger partial charge in [0, 0.05) is 26.1 Å². The molecule has 0 amide bonds. The lowest BCUT2D eigenvalue weighted by atomic mass is 10.2. The number of nitrogen functional groups attached to an aromatic ring is 1. The van der Waals surface area contributed by atoms with E-state index in [1.54, 1.807) is 10.9 Å². The highest BCUT2D eigenvalue weighted by Crippen LogP contribution is 2.23. The maximum Gasteiger partial charge on any atom is 0.151 e. The number of aromatic nitrogens is 3. The first-order valence-corrected chi connectivity index (χ1v) is 5.39. The van der Waals surface area contributed by atoms with Crippen molar-refractivity contribution in [2.75, 3.05) is 17.6 Å². The highest BCUT2D eigenvalue weighted by atomic mass is 19.1. The summed E-state index contributed by atoms with van der Waals surface area (Å²) < 4.78 is 28.0. The quantitative estimate of drug-likeness (QED) is 0.806. The van der Waals surface area contributed by atoms with Crippen LogP contribution in [0.4, 0.5) is 20.2 Å². The summed E-state index contributed by atoms with van der Waals surface area (Å²) in [6.45, 7) is 0.458. The lowest BCUT2D eigenvalue weighted by Gasteiger charge is -2.09. The SMILES string of the molecule is Cn1cnnc1CCNc1cc(F)cc(F)c1N. The van der Waals surface area contributed by atoms with Gasteiger partial charge in [0.1, 0.15) is 18.0 Å². The van der Waals surface area contributed by atoms with Gasteiger partial charge in [0.05, 0.1) is 11.4 Å². The van der Waals surface area contributed by atoms with E-state index in [1.165, 1.54) is 0 Å². The number of aryl methyl sites for hydroxylation is 1. The fourth-order valence-corrected chi connectivity index (χ4v) is 1.57. The second-order valence-electron chi connectivity index (χ2n) is 3.88. The van der Waals surface area contributed by atoms with Crippen LogP contribution in [0.25, 0.3) is 0 Å². The minimum Gasteiger partial charge on any atom is -0.395 e. The van der Waals surface area contributed by atoms with E-state index in [2.05, 4.69) is 15.5 Å². The molecule has 18 heavy (non-hydrogen) atoms. The van der Waals surface area contributed by atoms with Gasteiger partial charge in [-0.1, -0.05) is 0 Å². The number of nitrogens with zero attached hydrogens (tertiary/aromatic N) is 3. The molecule has 3 N–H and O–H groups in total. The molecule has 1 aromatic heterocycles. The monoisotopic (exact) mass is 253 g/mol. The summed E-state index contributed by atoms with van der Waals surface area (Å²) in [7, 11) is 1.82. The molecule has 1 aromatic carbocycles. The molecule has 0 aliphatic carbocycles. The van der Waals surface area contributed by atoms with Crippen molar-refractivity contribution in [2.24, 2.45) is 7.05 Å². The van der Waals surface area contributed by atoms with Gasteiger partial charge < -0.3 is 15.6 Å². The maximum atomic E-state index is 13.2. The van der Waals surface area contributed by atoms with E-state index in [4.69, 9.17) is 5.73 Å². The Labute approximate surface area is 103 Å². The molecule has 0 fully saturated rings. The molecule has 5 nitrogen and oxygen atoms in total. The van der Waals surface area contributed by atoms with Gasteiger partial charge in [-0.3, -0.25) is 0 Å². The van der Waals surface area contributed by atoms with Crippen molar-refractivity contribution in [1.29, 1.82) is 0 Å². The van der Waals surface area contributed by atoms with Crippen LogP contribution in [0.15, 0.2) is 18.5 Å². The Morgan fingerprint density at radius 2 is 2.17 bits per heavy atom. The van der Waals surface area contributed by atoms with Crippen LogP contribution < -0.4 is 11.1 Å². The molecule has 0 atom stereocenters. The zero-order chi connectivity index (χ0) is 13.1. The van der Waals surface area contributed by atoms with Gasteiger partial charge in [0.15, 0.2) is 5.82 Å². The zero-order valence-corrected chi connectivity index (χ0v) is 9.82. The van der Waals surface area contributed by atoms with E-state index in [9.17, 15) is 8.78 Å². The van der Waals surface area contributed by atoms with Gasteiger partial charge in [0.2, 0.25) is 0 Å². The molecule has 0 aliphatic heterocycles. The zero-order valence-electron chi connectivity index (χ0n) is 9.82. The first-order valence-electron chi connectivity index (χ1n) is 5.39. The molecule has 2 aromatic rings. The molecule has 0 spiro atoms. The van der Waals surface area contributed by atoms with E-state index < -0.39 is 11.6 Å². The van der Waals surface area contributed by atoms with Gasteiger partial charge in [-0.2, -0.15) is 0 Å². The Hall–Kier alpha value is -2.18. The molecule has 0 saturated carbocycles. The van der Waals surface area contributed by atoms with Crippen LogP contribution in [0.5, 0.6) is 0 Å². The van der Waals surface area contributed by atoms with Gasteiger partial charge in [0.25, 0.3) is 0 Å². The lowest BCUT2D eigenvalue weighted by molar-refractivity contribution is 0.587. The number of nitrogens with two attached hydrogens (primary N) is 1. The van der Waals surface area contributed by atoms with E-state index in [-0.39, 0.29) is 11.4 Å². The maximum absolute atomic E-state index is 13.2. The first-order chi connectivity index (χ1) is 8.58. The molecule has 0 bridgehead atoms. The summed E-state index contributed by atoms with van der Waals surface area (Å²) in [5.74, 6) is -0.656. The molecule has 96 valence electrons. The number of anilines is 2. The van der Waals surface area contributed by atoms with Crippen LogP contribution in [-0.4, -0.2) is 21.3 Å². The van der Waals surface area contributed by atoms with Crippen molar-refractivity contribution >= 4 is 11.4 Å². The Balaban J connectivity index is 2.01. The lowest BCUT2D eigenvalue weighted by Crippen LogP contribution is -2.10. The minimum atomic E-state index is -0.767. The summed E-state index contributed by atoms with van der Waals surface area (Å²) in [5, 5.41) is 10.5. The average Bonchev–Trinajstić information content (AvgIpc) is 2.71. The van der Waals surface area contributed by atoms with Crippen LogP contribution in [0.1, 0.15) is 5.82 Å². The molecular formula is C11H13F2N5. The summed E-state index contributed by atoms with van der Waals surface area (Å²) >= 11 is 0. The van der Waals surface area contributed by atoms with Crippen LogP contribution in [0.3, 0.4) is 0 Å². The molecule has 1 heterocycles. The van der Waals surface area contributed by atoms with Crippen LogP contribution in [0.2, 0.25) is 0 Å². The normalized spacial score (nSPS) is 10.6. The standard InChI is InChI=1S/C11H13F2N5/c1-18-6-16-17-10(18)2-3-15-9-5-7(12)4-8(13)11(9)14/h4-6,15H,2-3,14H2,1H3. The minimum absolute atomic E-state index is 0.0886. The molecular weight excluding hydrogens is 240 g/mol. The molecule has 2 rings (SSSR count). The second-order valence-corrected chi connectivity index (χ2v) is 3.88. The summed E-state index contributed by atoms with van der Waals surface area (Å²) in [5.41, 5.74) is 5.66. The number of halogens is 2. The van der Waals surface area contributed by atoms with Crippen molar-refractivity contribution in [3.8, 4) is 0 Å². The van der Waals surface area contributed by atoms with Crippen molar-refractivity contribution in [1.82, 2.24) is 14.8 Å². The summed E-state index contributed by atoms with van der Waals surface area (Å²) in [6.07, 6.45) is 2.17. The third-order valence-electron chi connectivity index (χ3n) is 2.56. The fourth-order valence-electron chi connectivity index (χ4n) is 1.57. The van der Waals surface area contributed by atoms with Gasteiger partial charge in [-0.15, -0.1) is 10.2 Å². The van der Waals surface area contributed by atoms with Crippen molar-refractivity contribution in [3.63, 3.8) is 0 Å². The molecule has 0 aliphatic rings. The van der Waals surface area contributed by atoms with Crippen LogP contribution >= 0.6 is 0 Å². The van der Waals surface area contributed by atoms with Crippen molar-refractivity contribution in [2.45, 2.75) is 6.42 Å².